The Balaban J connectivity index is 1.24. The minimum atomic E-state index is -0.367. The highest BCUT2D eigenvalue weighted by Gasteiger charge is 2.68. The number of carbonyl (C=O) groups excluding carboxylic acids is 2. The number of rotatable bonds is 4. The number of aromatic hydroxyl groups is 2. The van der Waals surface area contributed by atoms with Crippen LogP contribution in [0.5, 0.6) is 11.5 Å². The maximum absolute atomic E-state index is 13.0. The molecule has 1 aromatic carbocycles. The number of aldehydes is 1. The Morgan fingerprint density at radius 3 is 2.32 bits per heavy atom. The van der Waals surface area contributed by atoms with Crippen LogP contribution in [0, 0.1) is 50.2 Å². The summed E-state index contributed by atoms with van der Waals surface area (Å²) >= 11 is 0. The van der Waals surface area contributed by atoms with Gasteiger partial charge in [-0.2, -0.15) is 0 Å². The van der Waals surface area contributed by atoms with Gasteiger partial charge in [-0.05, 0) is 127 Å². The molecule has 0 aliphatic heterocycles. The maximum atomic E-state index is 13.0. The van der Waals surface area contributed by atoms with E-state index in [4.69, 9.17) is 4.74 Å². The third-order valence-corrected chi connectivity index (χ3v) is 14.5. The van der Waals surface area contributed by atoms with E-state index in [9.17, 15) is 19.8 Å². The van der Waals surface area contributed by atoms with Crippen molar-refractivity contribution >= 4 is 18.3 Å². The first-order chi connectivity index (χ1) is 20.5. The van der Waals surface area contributed by atoms with Crippen LogP contribution in [0.3, 0.4) is 0 Å². The minimum absolute atomic E-state index is 0.107. The number of fused-ring (bicyclic) bond motifs is 7. The van der Waals surface area contributed by atoms with Crippen molar-refractivity contribution in [2.24, 2.45) is 50.2 Å². The highest BCUT2D eigenvalue weighted by Crippen LogP contribution is 2.75. The van der Waals surface area contributed by atoms with Crippen LogP contribution in [0.25, 0.3) is 6.08 Å². The number of esters is 1. The Hall–Kier alpha value is -2.56. The summed E-state index contributed by atoms with van der Waals surface area (Å²) in [6, 6.07) is 4.49. The van der Waals surface area contributed by atoms with Crippen molar-refractivity contribution in [1.29, 1.82) is 0 Å². The van der Waals surface area contributed by atoms with Gasteiger partial charge in [0, 0.05) is 16.9 Å². The fourth-order valence-electron chi connectivity index (χ4n) is 11.7. The highest BCUT2D eigenvalue weighted by molar-refractivity contribution is 5.87. The second-order valence-corrected chi connectivity index (χ2v) is 17.4. The average Bonchev–Trinajstić information content (AvgIpc) is 2.95. The molecule has 5 aliphatic rings. The summed E-state index contributed by atoms with van der Waals surface area (Å²) in [5.74, 6) is 0.609. The predicted molar refractivity (Wildman–Crippen MR) is 174 cm³/mol. The van der Waals surface area contributed by atoms with Crippen molar-refractivity contribution in [1.82, 2.24) is 0 Å². The molecule has 240 valence electrons. The molecule has 0 spiro atoms. The third-order valence-electron chi connectivity index (χ3n) is 14.5. The Labute approximate surface area is 264 Å². The van der Waals surface area contributed by atoms with Gasteiger partial charge in [0.25, 0.3) is 0 Å². The first-order valence-electron chi connectivity index (χ1n) is 17.1. The van der Waals surface area contributed by atoms with Gasteiger partial charge in [-0.1, -0.05) is 66.2 Å². The molecular formula is C39H54O5. The molecule has 4 fully saturated rings. The van der Waals surface area contributed by atoms with Crippen molar-refractivity contribution in [2.75, 3.05) is 0 Å². The van der Waals surface area contributed by atoms with E-state index in [0.717, 1.165) is 57.8 Å². The van der Waals surface area contributed by atoms with E-state index >= 15 is 0 Å². The van der Waals surface area contributed by atoms with Gasteiger partial charge < -0.3 is 19.7 Å². The molecule has 6 rings (SSSR count). The van der Waals surface area contributed by atoms with Gasteiger partial charge in [0.1, 0.15) is 12.4 Å². The van der Waals surface area contributed by atoms with E-state index in [1.54, 1.807) is 17.7 Å². The minimum Gasteiger partial charge on any atom is -0.504 e. The van der Waals surface area contributed by atoms with Crippen LogP contribution in [0.2, 0.25) is 0 Å². The van der Waals surface area contributed by atoms with E-state index in [1.165, 1.54) is 30.9 Å². The number of hydrogen-bond donors (Lipinski definition) is 2. The molecule has 1 unspecified atom stereocenters. The summed E-state index contributed by atoms with van der Waals surface area (Å²) in [5.41, 5.74) is 2.61. The molecule has 4 saturated carbocycles. The van der Waals surface area contributed by atoms with Gasteiger partial charge >= 0.3 is 5.97 Å². The lowest BCUT2D eigenvalue weighted by Crippen LogP contribution is -2.65. The molecule has 2 N–H and O–H groups in total. The Morgan fingerprint density at radius 1 is 0.886 bits per heavy atom. The van der Waals surface area contributed by atoms with Gasteiger partial charge in [0.05, 0.1) is 0 Å². The summed E-state index contributed by atoms with van der Waals surface area (Å²) in [4.78, 5) is 25.7. The molecule has 0 bridgehead atoms. The van der Waals surface area contributed by atoms with Gasteiger partial charge in [0.2, 0.25) is 0 Å². The molecule has 5 heteroatoms. The molecule has 0 aromatic heterocycles. The molecule has 0 saturated heterocycles. The van der Waals surface area contributed by atoms with Crippen LogP contribution in [0.4, 0.5) is 0 Å². The van der Waals surface area contributed by atoms with E-state index in [0.29, 0.717) is 23.3 Å². The fourth-order valence-corrected chi connectivity index (χ4v) is 11.7. The quantitative estimate of drug-likeness (QED) is 0.118. The van der Waals surface area contributed by atoms with E-state index < -0.39 is 0 Å². The molecular weight excluding hydrogens is 548 g/mol. The Bertz CT molecular complexity index is 1400. The average molecular weight is 603 g/mol. The number of phenolic OH excluding ortho intramolecular Hbond substituents is 2. The smallest absolute Gasteiger partial charge is 0.331 e. The zero-order chi connectivity index (χ0) is 31.9. The predicted octanol–water partition coefficient (Wildman–Crippen LogP) is 9.02. The zero-order valence-electron chi connectivity index (χ0n) is 28.0. The summed E-state index contributed by atoms with van der Waals surface area (Å²) in [5, 5.41) is 19.4. The third kappa shape index (κ3) is 4.53. The topological polar surface area (TPSA) is 83.8 Å². The second kappa shape index (κ2) is 10.2. The summed E-state index contributed by atoms with van der Waals surface area (Å²) in [6.45, 7) is 17.1. The number of phenols is 2. The van der Waals surface area contributed by atoms with Crippen molar-refractivity contribution in [3.05, 3.63) is 41.5 Å². The molecule has 1 aromatic rings. The van der Waals surface area contributed by atoms with E-state index in [2.05, 4.69) is 54.5 Å². The lowest BCUT2D eigenvalue weighted by molar-refractivity contribution is -0.210. The van der Waals surface area contributed by atoms with Crippen LogP contribution in [0.15, 0.2) is 35.9 Å². The number of hydrogen-bond acceptors (Lipinski definition) is 5. The molecule has 0 amide bonds. The monoisotopic (exact) mass is 602 g/mol. The maximum Gasteiger partial charge on any atom is 0.331 e. The lowest BCUT2D eigenvalue weighted by Gasteiger charge is -2.71. The van der Waals surface area contributed by atoms with Crippen molar-refractivity contribution < 1.29 is 24.5 Å². The van der Waals surface area contributed by atoms with Crippen LogP contribution >= 0.6 is 0 Å². The fraction of sp³-hybridized carbons (Fsp3) is 0.692. The summed E-state index contributed by atoms with van der Waals surface area (Å²) in [6.07, 6.45) is 17.6. The van der Waals surface area contributed by atoms with Crippen molar-refractivity contribution in [2.45, 2.75) is 119 Å². The van der Waals surface area contributed by atoms with Crippen LogP contribution in [0.1, 0.15) is 118 Å². The molecule has 0 radical (unpaired) electrons. The number of carbonyl (C=O) groups is 2. The van der Waals surface area contributed by atoms with Gasteiger partial charge in [-0.3, -0.25) is 0 Å². The molecule has 44 heavy (non-hydrogen) atoms. The molecule has 5 nitrogen and oxygen atoms in total. The largest absolute Gasteiger partial charge is 0.504 e. The van der Waals surface area contributed by atoms with Gasteiger partial charge in [-0.25, -0.2) is 4.79 Å². The van der Waals surface area contributed by atoms with E-state index in [-0.39, 0.29) is 56.1 Å². The Kier molecular flexibility index (Phi) is 7.30. The first-order valence-corrected chi connectivity index (χ1v) is 17.1. The lowest BCUT2D eigenvalue weighted by atomic mass is 9.33. The highest BCUT2D eigenvalue weighted by atomic mass is 16.5. The Morgan fingerprint density at radius 2 is 1.61 bits per heavy atom. The normalized spacial score (nSPS) is 42.2. The molecule has 8 atom stereocenters. The van der Waals surface area contributed by atoms with Crippen LogP contribution in [-0.4, -0.2) is 28.6 Å². The van der Waals surface area contributed by atoms with Gasteiger partial charge in [0.15, 0.2) is 11.5 Å². The van der Waals surface area contributed by atoms with Crippen LogP contribution in [-0.2, 0) is 14.3 Å². The second-order valence-electron chi connectivity index (χ2n) is 17.4. The number of benzene rings is 1. The zero-order valence-corrected chi connectivity index (χ0v) is 28.0. The van der Waals surface area contributed by atoms with Crippen molar-refractivity contribution in [3.63, 3.8) is 0 Å². The molecule has 0 heterocycles. The standard InChI is InChI=1S/C39H54O5/c1-34(2)18-20-39(24-40)21-19-37(6)26(27(39)23-34)10-12-31-36(5)16-15-32(35(3,4)30(36)14-17-38(31,37)7)44-33(43)13-9-25-8-11-28(41)29(42)22-25/h8-11,13,22,24,27,30-32,41-42H,12,14-21,23H2,1-7H3/b13-9+/t27-,30-,31+,32?,36-,37+,38+,39+/m0/s1. The van der Waals surface area contributed by atoms with E-state index in [1.807, 2.05) is 0 Å². The number of allylic oxidation sites excluding steroid dienone is 2. The summed E-state index contributed by atoms with van der Waals surface area (Å²) < 4.78 is 6.16. The molecule has 5 aliphatic carbocycles. The first kappa shape index (κ1) is 31.4. The van der Waals surface area contributed by atoms with Crippen molar-refractivity contribution in [3.8, 4) is 11.5 Å². The number of ether oxygens (including phenoxy) is 1. The van der Waals surface area contributed by atoms with Crippen LogP contribution < -0.4 is 0 Å². The SMILES string of the molecule is CC1(C)CC[C@]2(C=O)CC[C@]3(C)C(=CC[C@@H]4[C@@]5(C)CCC(OC(=O)/C=C/c6ccc(O)c(O)c6)C(C)(C)[C@@H]5CC[C@]43C)[C@@H]2C1. The van der Waals surface area contributed by atoms with Gasteiger partial charge in [-0.15, -0.1) is 0 Å². The summed E-state index contributed by atoms with van der Waals surface area (Å²) in [7, 11) is 0.